The zero-order valence-electron chi connectivity index (χ0n) is 10.5. The van der Waals surface area contributed by atoms with Crippen LogP contribution in [-0.4, -0.2) is 46.7 Å². The van der Waals surface area contributed by atoms with E-state index in [1.165, 1.54) is 4.90 Å². The van der Waals surface area contributed by atoms with Crippen molar-refractivity contribution in [3.8, 4) is 0 Å². The monoisotopic (exact) mass is 238 g/mol. The maximum atomic E-state index is 11.9. The highest BCUT2D eigenvalue weighted by Gasteiger charge is 2.44. The minimum Gasteiger partial charge on any atom is -0.338 e. The van der Waals surface area contributed by atoms with Crippen molar-refractivity contribution in [2.45, 2.75) is 39.7 Å². The van der Waals surface area contributed by atoms with E-state index >= 15 is 0 Å². The van der Waals surface area contributed by atoms with Gasteiger partial charge in [0.15, 0.2) is 0 Å². The van der Waals surface area contributed by atoms with E-state index in [1.807, 2.05) is 20.8 Å². The molecule has 0 spiro atoms. The number of nitrogens with zero attached hydrogens (tertiary/aromatic N) is 2. The maximum Gasteiger partial charge on any atom is 0.230 e. The molecule has 2 saturated heterocycles. The predicted molar refractivity (Wildman–Crippen MR) is 60.9 cm³/mol. The second kappa shape index (κ2) is 3.82. The fourth-order valence-corrected chi connectivity index (χ4v) is 2.26. The average molecular weight is 238 g/mol. The lowest BCUT2D eigenvalue weighted by Crippen LogP contribution is -2.63. The maximum absolute atomic E-state index is 11.9. The van der Waals surface area contributed by atoms with Crippen LogP contribution in [0.15, 0.2) is 0 Å². The highest BCUT2D eigenvalue weighted by molar-refractivity contribution is 6.02. The van der Waals surface area contributed by atoms with Crippen molar-refractivity contribution in [2.75, 3.05) is 13.1 Å². The Labute approximate surface area is 101 Å². The lowest BCUT2D eigenvalue weighted by Gasteiger charge is -2.45. The van der Waals surface area contributed by atoms with Gasteiger partial charge >= 0.3 is 0 Å². The van der Waals surface area contributed by atoms with Crippen molar-refractivity contribution < 1.29 is 14.4 Å². The first-order valence-corrected chi connectivity index (χ1v) is 5.95. The van der Waals surface area contributed by atoms with Gasteiger partial charge in [0.05, 0.1) is 6.04 Å². The van der Waals surface area contributed by atoms with Crippen molar-refractivity contribution >= 4 is 17.7 Å². The number of hydrogen-bond acceptors (Lipinski definition) is 3. The second-order valence-electron chi connectivity index (χ2n) is 5.77. The summed E-state index contributed by atoms with van der Waals surface area (Å²) >= 11 is 0. The van der Waals surface area contributed by atoms with Crippen LogP contribution in [-0.2, 0) is 14.4 Å². The highest BCUT2D eigenvalue weighted by atomic mass is 16.2. The quantitative estimate of drug-likeness (QED) is 0.621. The molecule has 2 heterocycles. The first kappa shape index (κ1) is 12.1. The summed E-state index contributed by atoms with van der Waals surface area (Å²) in [6.07, 6.45) is 0.644. The van der Waals surface area contributed by atoms with Crippen LogP contribution >= 0.6 is 0 Å². The summed E-state index contributed by atoms with van der Waals surface area (Å²) in [6, 6.07) is -0.0937. The summed E-state index contributed by atoms with van der Waals surface area (Å²) in [5.41, 5.74) is -0.399. The fourth-order valence-electron chi connectivity index (χ4n) is 2.26. The molecular formula is C12H18N2O3. The minimum atomic E-state index is -0.399. The van der Waals surface area contributed by atoms with Gasteiger partial charge in [-0.3, -0.25) is 19.3 Å². The number of rotatable bonds is 1. The zero-order valence-corrected chi connectivity index (χ0v) is 10.5. The molecule has 2 aliphatic rings. The van der Waals surface area contributed by atoms with Gasteiger partial charge in [0.2, 0.25) is 17.7 Å². The number of carbonyl (C=O) groups excluding carboxylic acids is 3. The summed E-state index contributed by atoms with van der Waals surface area (Å²) in [7, 11) is 0. The van der Waals surface area contributed by atoms with E-state index < -0.39 is 5.41 Å². The Morgan fingerprint density at radius 2 is 1.59 bits per heavy atom. The van der Waals surface area contributed by atoms with Crippen molar-refractivity contribution in [2.24, 2.45) is 5.41 Å². The molecule has 0 radical (unpaired) electrons. The molecule has 0 aromatic carbocycles. The lowest BCUT2D eigenvalue weighted by molar-refractivity contribution is -0.155. The van der Waals surface area contributed by atoms with E-state index in [1.54, 1.807) is 4.90 Å². The van der Waals surface area contributed by atoms with Crippen LogP contribution in [0.4, 0.5) is 0 Å². The Kier molecular flexibility index (Phi) is 2.72. The molecule has 0 bridgehead atoms. The summed E-state index contributed by atoms with van der Waals surface area (Å²) in [5, 5.41) is 0. The van der Waals surface area contributed by atoms with E-state index in [0.717, 1.165) is 0 Å². The van der Waals surface area contributed by atoms with Crippen molar-refractivity contribution in [1.82, 2.24) is 9.80 Å². The first-order chi connectivity index (χ1) is 7.80. The molecule has 3 amide bonds. The van der Waals surface area contributed by atoms with Gasteiger partial charge in [0, 0.05) is 31.3 Å². The molecule has 0 aromatic rings. The Balaban J connectivity index is 1.93. The van der Waals surface area contributed by atoms with Crippen LogP contribution in [0.2, 0.25) is 0 Å². The molecule has 0 aromatic heterocycles. The standard InChI is InChI=1S/C12H18N2O3/c1-12(2,3)11(17)13-6-8(7-13)14-9(15)4-5-10(14)16/h8H,4-7H2,1-3H3. The molecule has 94 valence electrons. The summed E-state index contributed by atoms with van der Waals surface area (Å²) in [5.74, 6) is -0.112. The van der Waals surface area contributed by atoms with Gasteiger partial charge in [0.25, 0.3) is 0 Å². The largest absolute Gasteiger partial charge is 0.338 e. The third-order valence-electron chi connectivity index (χ3n) is 3.25. The Bertz CT molecular complexity index is 362. The Morgan fingerprint density at radius 1 is 1.12 bits per heavy atom. The third kappa shape index (κ3) is 2.06. The molecule has 2 aliphatic heterocycles. The summed E-state index contributed by atoms with van der Waals surface area (Å²) in [6.45, 7) is 6.60. The topological polar surface area (TPSA) is 57.7 Å². The highest BCUT2D eigenvalue weighted by Crippen LogP contribution is 2.26. The average Bonchev–Trinajstić information content (AvgIpc) is 2.45. The van der Waals surface area contributed by atoms with Gasteiger partial charge in [0.1, 0.15) is 0 Å². The minimum absolute atomic E-state index is 0.0767. The molecule has 0 N–H and O–H groups in total. The molecule has 2 fully saturated rings. The van der Waals surface area contributed by atoms with Crippen LogP contribution in [0.5, 0.6) is 0 Å². The van der Waals surface area contributed by atoms with Crippen molar-refractivity contribution in [1.29, 1.82) is 0 Å². The number of hydrogen-bond donors (Lipinski definition) is 0. The molecule has 2 rings (SSSR count). The van der Waals surface area contributed by atoms with Gasteiger partial charge < -0.3 is 4.90 Å². The third-order valence-corrected chi connectivity index (χ3v) is 3.25. The molecule has 0 atom stereocenters. The first-order valence-electron chi connectivity index (χ1n) is 5.95. The summed E-state index contributed by atoms with van der Waals surface area (Å²) < 4.78 is 0. The lowest BCUT2D eigenvalue weighted by atomic mass is 9.92. The van der Waals surface area contributed by atoms with E-state index in [0.29, 0.717) is 25.9 Å². The molecule has 0 aliphatic carbocycles. The predicted octanol–water partition coefficient (Wildman–Crippen LogP) is 0.392. The molecule has 0 unspecified atom stereocenters. The molecular weight excluding hydrogens is 220 g/mol. The van der Waals surface area contributed by atoms with Crippen molar-refractivity contribution in [3.63, 3.8) is 0 Å². The van der Waals surface area contributed by atoms with Crippen LogP contribution < -0.4 is 0 Å². The van der Waals surface area contributed by atoms with E-state index in [-0.39, 0.29) is 23.8 Å². The Hall–Kier alpha value is -1.39. The molecule has 5 heteroatoms. The van der Waals surface area contributed by atoms with Gasteiger partial charge in [-0.25, -0.2) is 0 Å². The normalized spacial score (nSPS) is 22.1. The van der Waals surface area contributed by atoms with Gasteiger partial charge in [-0.05, 0) is 0 Å². The van der Waals surface area contributed by atoms with Crippen molar-refractivity contribution in [3.05, 3.63) is 0 Å². The van der Waals surface area contributed by atoms with Crippen LogP contribution in [0.25, 0.3) is 0 Å². The van der Waals surface area contributed by atoms with E-state index in [4.69, 9.17) is 0 Å². The Morgan fingerprint density at radius 3 is 2.00 bits per heavy atom. The fraction of sp³-hybridized carbons (Fsp3) is 0.750. The number of amides is 3. The summed E-state index contributed by atoms with van der Waals surface area (Å²) in [4.78, 5) is 37.9. The number of carbonyl (C=O) groups is 3. The van der Waals surface area contributed by atoms with Crippen LogP contribution in [0.1, 0.15) is 33.6 Å². The molecule has 5 nitrogen and oxygen atoms in total. The zero-order chi connectivity index (χ0) is 12.8. The van der Waals surface area contributed by atoms with Gasteiger partial charge in [-0.1, -0.05) is 20.8 Å². The van der Waals surface area contributed by atoms with E-state index in [2.05, 4.69) is 0 Å². The van der Waals surface area contributed by atoms with E-state index in [9.17, 15) is 14.4 Å². The van der Waals surface area contributed by atoms with Gasteiger partial charge in [-0.2, -0.15) is 0 Å². The second-order valence-corrected chi connectivity index (χ2v) is 5.77. The van der Waals surface area contributed by atoms with Gasteiger partial charge in [-0.15, -0.1) is 0 Å². The molecule has 17 heavy (non-hydrogen) atoms. The molecule has 0 saturated carbocycles. The van der Waals surface area contributed by atoms with Crippen LogP contribution in [0.3, 0.4) is 0 Å². The smallest absolute Gasteiger partial charge is 0.230 e. The van der Waals surface area contributed by atoms with Crippen LogP contribution in [0, 0.1) is 5.41 Å². The SMILES string of the molecule is CC(C)(C)C(=O)N1CC(N2C(=O)CCC2=O)C1. The number of likely N-dealkylation sites (tertiary alicyclic amines) is 2. The number of imide groups is 1.